The number of aliphatic hydroxyl groups is 2. The van der Waals surface area contributed by atoms with Gasteiger partial charge in [0.25, 0.3) is 0 Å². The quantitative estimate of drug-likeness (QED) is 0.649. The fraction of sp³-hybridized carbons (Fsp3) is 0.800. The Hall–Kier alpha value is -0.670. The smallest absolute Gasteiger partial charge is 0.187 e. The van der Waals surface area contributed by atoms with Crippen molar-refractivity contribution in [3.63, 3.8) is 0 Å². The van der Waals surface area contributed by atoms with Gasteiger partial charge in [0.1, 0.15) is 6.10 Å². The van der Waals surface area contributed by atoms with E-state index in [-0.39, 0.29) is 29.1 Å². The molecule has 2 N–H and O–H groups in total. The molecular formula is C15H24O3. The summed E-state index contributed by atoms with van der Waals surface area (Å²) in [6.07, 6.45) is 0.920. The fourth-order valence-electron chi connectivity index (χ4n) is 3.77. The minimum Gasteiger partial charge on any atom is -0.393 e. The maximum atomic E-state index is 12.2. The number of fused-ring (bicyclic) bond motifs is 1. The SMILES string of the molecule is CC(C)=C1CC2(C)C(C)C(O)CCC2C(O)C1=O. The van der Waals surface area contributed by atoms with Crippen molar-refractivity contribution in [1.29, 1.82) is 0 Å². The van der Waals surface area contributed by atoms with Crippen LogP contribution < -0.4 is 0 Å². The molecule has 2 saturated carbocycles. The number of ketones is 1. The molecule has 0 aromatic rings. The molecule has 0 aromatic heterocycles. The van der Waals surface area contributed by atoms with Crippen molar-refractivity contribution in [1.82, 2.24) is 0 Å². The van der Waals surface area contributed by atoms with Gasteiger partial charge in [0, 0.05) is 0 Å². The predicted molar refractivity (Wildman–Crippen MR) is 70.0 cm³/mol. The first-order valence-electron chi connectivity index (χ1n) is 6.85. The molecule has 5 atom stereocenters. The number of aliphatic hydroxyl groups excluding tert-OH is 2. The van der Waals surface area contributed by atoms with Gasteiger partial charge in [0.15, 0.2) is 5.78 Å². The normalized spacial score (nSPS) is 44.8. The Balaban J connectivity index is 2.43. The lowest BCUT2D eigenvalue weighted by molar-refractivity contribution is -0.146. The third-order valence-electron chi connectivity index (χ3n) is 5.35. The molecule has 3 nitrogen and oxygen atoms in total. The number of carbonyl (C=O) groups excluding carboxylic acids is 1. The van der Waals surface area contributed by atoms with Crippen molar-refractivity contribution in [2.45, 2.75) is 59.2 Å². The lowest BCUT2D eigenvalue weighted by Gasteiger charge is -2.53. The highest BCUT2D eigenvalue weighted by molar-refractivity contribution is 6.00. The van der Waals surface area contributed by atoms with Gasteiger partial charge in [-0.05, 0) is 55.9 Å². The van der Waals surface area contributed by atoms with Crippen LogP contribution in [0.5, 0.6) is 0 Å². The van der Waals surface area contributed by atoms with Gasteiger partial charge in [-0.1, -0.05) is 19.4 Å². The molecule has 0 spiro atoms. The summed E-state index contributed by atoms with van der Waals surface area (Å²) in [7, 11) is 0. The maximum Gasteiger partial charge on any atom is 0.187 e. The van der Waals surface area contributed by atoms with Crippen LogP contribution in [0.15, 0.2) is 11.1 Å². The van der Waals surface area contributed by atoms with E-state index in [4.69, 9.17) is 0 Å². The van der Waals surface area contributed by atoms with E-state index >= 15 is 0 Å². The molecule has 5 unspecified atom stereocenters. The molecule has 0 aromatic carbocycles. The van der Waals surface area contributed by atoms with E-state index in [1.807, 2.05) is 20.8 Å². The van der Waals surface area contributed by atoms with Gasteiger partial charge in [0.05, 0.1) is 6.10 Å². The third kappa shape index (κ3) is 1.84. The highest BCUT2D eigenvalue weighted by Crippen LogP contribution is 2.54. The standard InChI is InChI=1S/C15H24O3/c1-8(2)10-7-15(4)9(3)12(16)6-5-11(15)14(18)13(10)17/h9,11-12,14,16,18H,5-7H2,1-4H3. The molecule has 2 aliphatic carbocycles. The summed E-state index contributed by atoms with van der Waals surface area (Å²) in [6, 6.07) is 0. The van der Waals surface area contributed by atoms with Gasteiger partial charge >= 0.3 is 0 Å². The second-order valence-corrected chi connectivity index (χ2v) is 6.51. The van der Waals surface area contributed by atoms with Crippen molar-refractivity contribution in [3.05, 3.63) is 11.1 Å². The summed E-state index contributed by atoms with van der Waals surface area (Å²) in [5.74, 6) is 0.0147. The van der Waals surface area contributed by atoms with E-state index in [1.54, 1.807) is 0 Å². The molecule has 0 saturated heterocycles. The summed E-state index contributed by atoms with van der Waals surface area (Å²) in [6.45, 7) is 8.01. The Morgan fingerprint density at radius 1 is 1.28 bits per heavy atom. The van der Waals surface area contributed by atoms with Crippen LogP contribution in [0, 0.1) is 17.3 Å². The minimum atomic E-state index is -0.886. The van der Waals surface area contributed by atoms with Crippen LogP contribution in [-0.2, 0) is 4.79 Å². The summed E-state index contributed by atoms with van der Waals surface area (Å²) < 4.78 is 0. The minimum absolute atomic E-state index is 0.00787. The molecule has 18 heavy (non-hydrogen) atoms. The Morgan fingerprint density at radius 2 is 1.89 bits per heavy atom. The molecule has 0 bridgehead atoms. The third-order valence-corrected chi connectivity index (χ3v) is 5.35. The topological polar surface area (TPSA) is 57.5 Å². The Morgan fingerprint density at radius 3 is 2.44 bits per heavy atom. The van der Waals surface area contributed by atoms with Crippen LogP contribution in [0.1, 0.15) is 47.0 Å². The van der Waals surface area contributed by atoms with Gasteiger partial charge in [-0.25, -0.2) is 0 Å². The molecule has 2 aliphatic rings. The first kappa shape index (κ1) is 13.8. The van der Waals surface area contributed by atoms with Crippen molar-refractivity contribution >= 4 is 5.78 Å². The van der Waals surface area contributed by atoms with E-state index in [1.165, 1.54) is 0 Å². The molecule has 0 radical (unpaired) electrons. The first-order chi connectivity index (χ1) is 8.29. The molecular weight excluding hydrogens is 228 g/mol. The van der Waals surface area contributed by atoms with E-state index in [0.717, 1.165) is 17.6 Å². The molecule has 0 heterocycles. The van der Waals surface area contributed by atoms with Crippen molar-refractivity contribution in [2.75, 3.05) is 0 Å². The van der Waals surface area contributed by atoms with E-state index < -0.39 is 6.10 Å². The van der Waals surface area contributed by atoms with Gasteiger partial charge in [-0.3, -0.25) is 4.79 Å². The molecule has 0 aliphatic heterocycles. The zero-order valence-corrected chi connectivity index (χ0v) is 11.7. The molecule has 2 fully saturated rings. The second-order valence-electron chi connectivity index (χ2n) is 6.51. The van der Waals surface area contributed by atoms with Crippen LogP contribution in [0.2, 0.25) is 0 Å². The summed E-state index contributed by atoms with van der Waals surface area (Å²) in [4.78, 5) is 12.2. The zero-order chi connectivity index (χ0) is 13.7. The summed E-state index contributed by atoms with van der Waals surface area (Å²) in [5.41, 5.74) is 1.59. The largest absolute Gasteiger partial charge is 0.393 e. The average Bonchev–Trinajstić information content (AvgIpc) is 2.30. The van der Waals surface area contributed by atoms with Crippen LogP contribution >= 0.6 is 0 Å². The van der Waals surface area contributed by atoms with E-state index in [2.05, 4.69) is 6.92 Å². The lowest BCUT2D eigenvalue weighted by atomic mass is 9.53. The summed E-state index contributed by atoms with van der Waals surface area (Å²) in [5, 5.41) is 20.4. The van der Waals surface area contributed by atoms with Gasteiger partial charge in [-0.15, -0.1) is 0 Å². The monoisotopic (exact) mass is 252 g/mol. The maximum absolute atomic E-state index is 12.2. The predicted octanol–water partition coefficient (Wildman–Crippen LogP) is 2.07. The van der Waals surface area contributed by atoms with E-state index in [0.29, 0.717) is 12.8 Å². The Kier molecular flexibility index (Phi) is 3.41. The number of rotatable bonds is 0. The van der Waals surface area contributed by atoms with Crippen LogP contribution in [0.3, 0.4) is 0 Å². The van der Waals surface area contributed by atoms with Crippen LogP contribution in [0.25, 0.3) is 0 Å². The molecule has 3 heteroatoms. The van der Waals surface area contributed by atoms with Crippen molar-refractivity contribution in [2.24, 2.45) is 17.3 Å². The lowest BCUT2D eigenvalue weighted by Crippen LogP contribution is -2.55. The van der Waals surface area contributed by atoms with Gasteiger partial charge in [-0.2, -0.15) is 0 Å². The Bertz CT molecular complexity index is 395. The molecule has 0 amide bonds. The van der Waals surface area contributed by atoms with E-state index in [9.17, 15) is 15.0 Å². The highest BCUT2D eigenvalue weighted by Gasteiger charge is 2.54. The number of Topliss-reactive ketones (excluding diaryl/α,β-unsaturated/α-hetero) is 1. The first-order valence-corrected chi connectivity index (χ1v) is 6.85. The number of hydrogen-bond acceptors (Lipinski definition) is 3. The van der Waals surface area contributed by atoms with Crippen molar-refractivity contribution < 1.29 is 15.0 Å². The Labute approximate surface area is 109 Å². The second kappa shape index (κ2) is 4.46. The van der Waals surface area contributed by atoms with Gasteiger partial charge in [0.2, 0.25) is 0 Å². The highest BCUT2D eigenvalue weighted by atomic mass is 16.3. The number of carbonyl (C=O) groups is 1. The van der Waals surface area contributed by atoms with Crippen molar-refractivity contribution in [3.8, 4) is 0 Å². The van der Waals surface area contributed by atoms with Crippen LogP contribution in [-0.4, -0.2) is 28.2 Å². The molecule has 2 rings (SSSR count). The summed E-state index contributed by atoms with van der Waals surface area (Å²) >= 11 is 0. The van der Waals surface area contributed by atoms with Crippen LogP contribution in [0.4, 0.5) is 0 Å². The zero-order valence-electron chi connectivity index (χ0n) is 11.7. The number of allylic oxidation sites excluding steroid dienone is 1. The number of hydrogen-bond donors (Lipinski definition) is 2. The molecule has 102 valence electrons. The average molecular weight is 252 g/mol. The fourth-order valence-corrected chi connectivity index (χ4v) is 3.77. The van der Waals surface area contributed by atoms with Gasteiger partial charge < -0.3 is 10.2 Å².